The summed E-state index contributed by atoms with van der Waals surface area (Å²) in [6.07, 6.45) is 0. The van der Waals surface area contributed by atoms with Gasteiger partial charge >= 0.3 is 0 Å². The molecule has 0 aliphatic rings. The molecule has 112 valence electrons. The topological polar surface area (TPSA) is 34.9 Å². The first-order chi connectivity index (χ1) is 10.5. The van der Waals surface area contributed by atoms with Gasteiger partial charge in [-0.05, 0) is 81.9 Å². The Labute approximate surface area is 160 Å². The van der Waals surface area contributed by atoms with Gasteiger partial charge in [0.1, 0.15) is 5.82 Å². The van der Waals surface area contributed by atoms with Crippen molar-refractivity contribution < 1.29 is 0 Å². The minimum Gasteiger partial charge on any atom is -0.292 e. The molecule has 1 heterocycles. The highest BCUT2D eigenvalue weighted by atomic mass is 127. The zero-order valence-corrected chi connectivity index (χ0v) is 16.7. The molecule has 0 saturated heterocycles. The summed E-state index contributed by atoms with van der Waals surface area (Å²) in [7, 11) is 0. The van der Waals surface area contributed by atoms with E-state index in [2.05, 4.69) is 50.2 Å². The number of aryl methyl sites for hydroxylation is 1. The monoisotopic (exact) mass is 536 g/mol. The fourth-order valence-corrected chi connectivity index (χ4v) is 4.54. The number of hydrogen-bond donors (Lipinski definition) is 0. The molecule has 2 aromatic carbocycles. The van der Waals surface area contributed by atoms with Gasteiger partial charge in [-0.3, -0.25) is 9.36 Å². The highest BCUT2D eigenvalue weighted by molar-refractivity contribution is 14.1. The van der Waals surface area contributed by atoms with Crippen molar-refractivity contribution in [3.63, 3.8) is 0 Å². The second-order valence-electron chi connectivity index (χ2n) is 4.96. The number of halogens is 3. The molecule has 0 spiro atoms. The minimum absolute atomic E-state index is 0.0149. The van der Waals surface area contributed by atoms with Crippen molar-refractivity contribution in [2.24, 2.45) is 0 Å². The van der Waals surface area contributed by atoms with Crippen molar-refractivity contribution in [2.75, 3.05) is 0 Å². The van der Waals surface area contributed by atoms with Gasteiger partial charge in [-0.15, -0.1) is 0 Å². The van der Waals surface area contributed by atoms with Crippen LogP contribution >= 0.6 is 56.8 Å². The molecule has 0 aliphatic carbocycles. The molecular weight excluding hydrogens is 525 g/mol. The van der Waals surface area contributed by atoms with Crippen LogP contribution < -0.4 is 5.56 Å². The van der Waals surface area contributed by atoms with E-state index in [9.17, 15) is 4.79 Å². The van der Waals surface area contributed by atoms with Crippen LogP contribution in [-0.4, -0.2) is 9.55 Å². The average molecular weight is 537 g/mol. The zero-order chi connectivity index (χ0) is 15.9. The quantitative estimate of drug-likeness (QED) is 0.449. The summed E-state index contributed by atoms with van der Waals surface area (Å²) in [5, 5.41) is 1.32. The maximum atomic E-state index is 12.8. The van der Waals surface area contributed by atoms with Crippen LogP contribution in [0.1, 0.15) is 11.4 Å². The number of nitrogens with zero attached hydrogens (tertiary/aromatic N) is 2. The van der Waals surface area contributed by atoms with Crippen molar-refractivity contribution in [3.05, 3.63) is 70.3 Å². The first kappa shape index (κ1) is 16.2. The third-order valence-electron chi connectivity index (χ3n) is 3.40. The second-order valence-corrected chi connectivity index (χ2v) is 7.81. The first-order valence-electron chi connectivity index (χ1n) is 6.56. The number of aromatic nitrogens is 2. The molecule has 1 aromatic heterocycles. The molecule has 0 atom stereocenters. The lowest BCUT2D eigenvalue weighted by atomic mass is 10.2. The maximum absolute atomic E-state index is 12.8. The molecule has 0 N–H and O–H groups in total. The number of benzene rings is 2. The molecule has 0 amide bonds. The van der Waals surface area contributed by atoms with Gasteiger partial charge in [0.05, 0.1) is 17.4 Å². The number of rotatable bonds is 2. The van der Waals surface area contributed by atoms with E-state index in [0.717, 1.165) is 18.2 Å². The Balaban J connectivity index is 2.20. The lowest BCUT2D eigenvalue weighted by Crippen LogP contribution is -2.24. The molecule has 3 nitrogen and oxygen atoms in total. The largest absolute Gasteiger partial charge is 0.292 e. The van der Waals surface area contributed by atoms with Gasteiger partial charge in [0.25, 0.3) is 5.56 Å². The fraction of sp³-hybridized carbons (Fsp3) is 0.125. The average Bonchev–Trinajstić information content (AvgIpc) is 2.45. The Morgan fingerprint density at radius 3 is 2.73 bits per heavy atom. The molecule has 0 fully saturated rings. The van der Waals surface area contributed by atoms with Crippen LogP contribution in [0.25, 0.3) is 10.9 Å². The third kappa shape index (κ3) is 3.16. The van der Waals surface area contributed by atoms with Crippen LogP contribution in [0, 0.1) is 14.1 Å². The molecule has 6 heteroatoms. The molecule has 0 radical (unpaired) electrons. The Bertz CT molecular complexity index is 937. The summed E-state index contributed by atoms with van der Waals surface area (Å²) in [4.78, 5) is 17.4. The van der Waals surface area contributed by atoms with Crippen LogP contribution in [0.2, 0.25) is 5.02 Å². The van der Waals surface area contributed by atoms with Crippen LogP contribution in [0.4, 0.5) is 0 Å². The highest BCUT2D eigenvalue weighted by Gasteiger charge is 2.12. The van der Waals surface area contributed by atoms with E-state index >= 15 is 0 Å². The minimum atomic E-state index is -0.0149. The van der Waals surface area contributed by atoms with Crippen molar-refractivity contribution >= 4 is 67.7 Å². The predicted molar refractivity (Wildman–Crippen MR) is 107 cm³/mol. The Morgan fingerprint density at radius 1 is 1.23 bits per heavy atom. The summed E-state index contributed by atoms with van der Waals surface area (Å²) < 4.78 is 3.72. The molecule has 3 rings (SSSR count). The van der Waals surface area contributed by atoms with Crippen molar-refractivity contribution in [1.82, 2.24) is 9.55 Å². The van der Waals surface area contributed by atoms with Crippen molar-refractivity contribution in [2.45, 2.75) is 13.5 Å². The normalized spacial score (nSPS) is 11.1. The van der Waals surface area contributed by atoms with Gasteiger partial charge in [0.2, 0.25) is 0 Å². The maximum Gasteiger partial charge on any atom is 0.261 e. The lowest BCUT2D eigenvalue weighted by molar-refractivity contribution is 0.712. The van der Waals surface area contributed by atoms with Gasteiger partial charge in [-0.1, -0.05) is 23.7 Å². The number of fused-ring (bicyclic) bond motifs is 1. The smallest absolute Gasteiger partial charge is 0.261 e. The van der Waals surface area contributed by atoms with Crippen molar-refractivity contribution in [3.8, 4) is 0 Å². The Kier molecular flexibility index (Phi) is 4.75. The van der Waals surface area contributed by atoms with E-state index in [1.165, 1.54) is 0 Å². The van der Waals surface area contributed by atoms with Gasteiger partial charge < -0.3 is 0 Å². The summed E-state index contributed by atoms with van der Waals surface area (Å²) in [6.45, 7) is 2.33. The molecule has 22 heavy (non-hydrogen) atoms. The molecule has 3 aromatic rings. The second kappa shape index (κ2) is 6.45. The van der Waals surface area contributed by atoms with Crippen LogP contribution in [0.15, 0.2) is 41.2 Å². The van der Waals surface area contributed by atoms with E-state index in [1.807, 2.05) is 43.3 Å². The summed E-state index contributed by atoms with van der Waals surface area (Å²) in [6, 6.07) is 11.5. The standard InChI is InChI=1S/C16H11ClI2N2O/c1-9-20-15-13(6-12(18)7-14(15)19)16(22)21(9)8-10-3-2-4-11(17)5-10/h2-7H,8H2,1H3. The van der Waals surface area contributed by atoms with E-state index in [0.29, 0.717) is 22.8 Å². The van der Waals surface area contributed by atoms with Crippen molar-refractivity contribution in [1.29, 1.82) is 0 Å². The zero-order valence-electron chi connectivity index (χ0n) is 11.6. The van der Waals surface area contributed by atoms with Crippen LogP contribution in [0.3, 0.4) is 0 Å². The summed E-state index contributed by atoms with van der Waals surface area (Å²) in [5.74, 6) is 0.705. The molecule has 0 unspecified atom stereocenters. The third-order valence-corrected chi connectivity index (χ3v) is 5.08. The van der Waals surface area contributed by atoms with Gasteiger partial charge in [-0.2, -0.15) is 0 Å². The van der Waals surface area contributed by atoms with E-state index in [4.69, 9.17) is 11.6 Å². The van der Waals surface area contributed by atoms with Crippen LogP contribution in [0.5, 0.6) is 0 Å². The van der Waals surface area contributed by atoms with Gasteiger partial charge in [-0.25, -0.2) is 4.98 Å². The summed E-state index contributed by atoms with van der Waals surface area (Å²) >= 11 is 10.5. The van der Waals surface area contributed by atoms with Gasteiger partial charge in [0, 0.05) is 12.2 Å². The number of hydrogen-bond acceptors (Lipinski definition) is 2. The molecule has 0 bridgehead atoms. The highest BCUT2D eigenvalue weighted by Crippen LogP contribution is 2.21. The van der Waals surface area contributed by atoms with E-state index in [1.54, 1.807) is 4.57 Å². The van der Waals surface area contributed by atoms with E-state index in [-0.39, 0.29) is 5.56 Å². The first-order valence-corrected chi connectivity index (χ1v) is 9.10. The lowest BCUT2D eigenvalue weighted by Gasteiger charge is -2.12. The van der Waals surface area contributed by atoms with Gasteiger partial charge in [0.15, 0.2) is 0 Å². The Hall–Kier alpha value is -0.670. The van der Waals surface area contributed by atoms with Crippen LogP contribution in [-0.2, 0) is 6.54 Å². The SMILES string of the molecule is Cc1nc2c(I)cc(I)cc2c(=O)n1Cc1cccc(Cl)c1. The predicted octanol–water partition coefficient (Wildman–Crippen LogP) is 4.62. The Morgan fingerprint density at radius 2 is 2.00 bits per heavy atom. The molecular formula is C16H11ClI2N2O. The molecule has 0 aliphatic heterocycles. The van der Waals surface area contributed by atoms with E-state index < -0.39 is 0 Å². The summed E-state index contributed by atoms with van der Waals surface area (Å²) in [5.41, 5.74) is 1.74. The fourth-order valence-electron chi connectivity index (χ4n) is 2.36. The molecule has 0 saturated carbocycles.